The van der Waals surface area contributed by atoms with Crippen LogP contribution in [-0.4, -0.2) is 31.0 Å². The number of carboxylic acids is 1. The fourth-order valence-corrected chi connectivity index (χ4v) is 4.79. The van der Waals surface area contributed by atoms with E-state index in [4.69, 9.17) is 23.2 Å². The second kappa shape index (κ2) is 4.96. The van der Waals surface area contributed by atoms with E-state index in [0.29, 0.717) is 10.6 Å². The van der Waals surface area contributed by atoms with E-state index in [1.54, 1.807) is 18.2 Å². The van der Waals surface area contributed by atoms with E-state index >= 15 is 0 Å². The molecule has 1 atom stereocenters. The largest absolute Gasteiger partial charge is 0.481 e. The number of hydrogen-bond acceptors (Lipinski definition) is 3. The summed E-state index contributed by atoms with van der Waals surface area (Å²) >= 11 is 11.9. The maximum absolute atomic E-state index is 11.6. The van der Waals surface area contributed by atoms with Gasteiger partial charge in [-0.25, -0.2) is 8.42 Å². The SMILES string of the molecule is O=C(O)C1(Cc2cccc(Cl)c2Cl)CCS(=O)(=O)C1. The molecule has 1 unspecified atom stereocenters. The highest BCUT2D eigenvalue weighted by molar-refractivity contribution is 7.91. The summed E-state index contributed by atoms with van der Waals surface area (Å²) in [4.78, 5) is 11.5. The van der Waals surface area contributed by atoms with Gasteiger partial charge in [-0.1, -0.05) is 35.3 Å². The van der Waals surface area contributed by atoms with Crippen molar-refractivity contribution in [2.45, 2.75) is 12.8 Å². The summed E-state index contributed by atoms with van der Waals surface area (Å²) in [5.41, 5.74) is -0.735. The van der Waals surface area contributed by atoms with Gasteiger partial charge in [-0.2, -0.15) is 0 Å². The average molecular weight is 323 g/mol. The van der Waals surface area contributed by atoms with Crippen LogP contribution in [0.2, 0.25) is 10.0 Å². The second-order valence-electron chi connectivity index (χ2n) is 4.82. The van der Waals surface area contributed by atoms with Gasteiger partial charge < -0.3 is 5.11 Å². The summed E-state index contributed by atoms with van der Waals surface area (Å²) in [5.74, 6) is -1.56. The molecule has 1 saturated heterocycles. The highest BCUT2D eigenvalue weighted by Gasteiger charge is 2.48. The highest BCUT2D eigenvalue weighted by atomic mass is 35.5. The Morgan fingerprint density at radius 2 is 2.05 bits per heavy atom. The molecule has 1 aromatic carbocycles. The van der Waals surface area contributed by atoms with Gasteiger partial charge in [-0.05, 0) is 24.5 Å². The van der Waals surface area contributed by atoms with Crippen molar-refractivity contribution in [3.63, 3.8) is 0 Å². The van der Waals surface area contributed by atoms with Gasteiger partial charge in [0.25, 0.3) is 0 Å². The summed E-state index contributed by atoms with van der Waals surface area (Å²) in [6.07, 6.45) is 0.175. The maximum atomic E-state index is 11.6. The van der Waals surface area contributed by atoms with Gasteiger partial charge >= 0.3 is 5.97 Å². The summed E-state index contributed by atoms with van der Waals surface area (Å²) < 4.78 is 23.1. The lowest BCUT2D eigenvalue weighted by molar-refractivity contribution is -0.147. The molecule has 7 heteroatoms. The molecule has 0 radical (unpaired) electrons. The smallest absolute Gasteiger partial charge is 0.311 e. The molecule has 2 rings (SSSR count). The van der Waals surface area contributed by atoms with Gasteiger partial charge in [-0.15, -0.1) is 0 Å². The van der Waals surface area contributed by atoms with Crippen LogP contribution >= 0.6 is 23.2 Å². The molecule has 4 nitrogen and oxygen atoms in total. The van der Waals surface area contributed by atoms with Crippen molar-refractivity contribution >= 4 is 39.0 Å². The molecule has 1 aromatic rings. The molecule has 0 saturated carbocycles. The molecule has 19 heavy (non-hydrogen) atoms. The molecule has 0 amide bonds. The van der Waals surface area contributed by atoms with E-state index in [-0.39, 0.29) is 29.4 Å². The Morgan fingerprint density at radius 1 is 1.37 bits per heavy atom. The van der Waals surface area contributed by atoms with Crippen molar-refractivity contribution in [3.05, 3.63) is 33.8 Å². The normalized spacial score (nSPS) is 25.4. The van der Waals surface area contributed by atoms with Gasteiger partial charge in [-0.3, -0.25) is 4.79 Å². The Hall–Kier alpha value is -0.780. The molecule has 1 heterocycles. The molecule has 1 aliphatic heterocycles. The minimum absolute atomic E-state index is 0.0704. The molecule has 0 bridgehead atoms. The third-order valence-corrected chi connectivity index (χ3v) is 6.08. The fraction of sp³-hybridized carbons (Fsp3) is 0.417. The Balaban J connectivity index is 2.38. The summed E-state index contributed by atoms with van der Waals surface area (Å²) in [5, 5.41) is 10.00. The van der Waals surface area contributed by atoms with Crippen molar-refractivity contribution in [2.75, 3.05) is 11.5 Å². The minimum atomic E-state index is -3.30. The third kappa shape index (κ3) is 2.88. The highest BCUT2D eigenvalue weighted by Crippen LogP contribution is 2.39. The number of aliphatic carboxylic acids is 1. The number of benzene rings is 1. The van der Waals surface area contributed by atoms with Crippen molar-refractivity contribution in [3.8, 4) is 0 Å². The molecule has 0 aromatic heterocycles. The number of carboxylic acid groups (broad SMARTS) is 1. The molecule has 104 valence electrons. The molecular formula is C12H12Cl2O4S. The van der Waals surface area contributed by atoms with Crippen LogP contribution in [0.5, 0.6) is 0 Å². The van der Waals surface area contributed by atoms with Crippen LogP contribution in [-0.2, 0) is 21.1 Å². The van der Waals surface area contributed by atoms with E-state index in [2.05, 4.69) is 0 Å². The quantitative estimate of drug-likeness (QED) is 0.927. The van der Waals surface area contributed by atoms with E-state index in [1.165, 1.54) is 0 Å². The first kappa shape index (κ1) is 14.6. The monoisotopic (exact) mass is 322 g/mol. The van der Waals surface area contributed by atoms with Gasteiger partial charge in [0, 0.05) is 0 Å². The fourth-order valence-electron chi connectivity index (χ4n) is 2.35. The van der Waals surface area contributed by atoms with Gasteiger partial charge in [0.05, 0.1) is 27.0 Å². The Morgan fingerprint density at radius 3 is 2.58 bits per heavy atom. The number of halogens is 2. The van der Waals surface area contributed by atoms with Crippen molar-refractivity contribution in [2.24, 2.45) is 5.41 Å². The Kier molecular flexibility index (Phi) is 3.82. The summed E-state index contributed by atoms with van der Waals surface area (Å²) in [6, 6.07) is 4.94. The van der Waals surface area contributed by atoms with Crippen LogP contribution in [0.15, 0.2) is 18.2 Å². The minimum Gasteiger partial charge on any atom is -0.481 e. The van der Waals surface area contributed by atoms with Crippen molar-refractivity contribution in [1.29, 1.82) is 0 Å². The Bertz CT molecular complexity index is 627. The molecule has 1 aliphatic rings. The zero-order chi connectivity index (χ0) is 14.3. The van der Waals surface area contributed by atoms with E-state index < -0.39 is 21.2 Å². The lowest BCUT2D eigenvalue weighted by atomic mass is 9.81. The lowest BCUT2D eigenvalue weighted by Gasteiger charge is -2.23. The van der Waals surface area contributed by atoms with Gasteiger partial charge in [0.2, 0.25) is 0 Å². The van der Waals surface area contributed by atoms with Crippen LogP contribution in [0.4, 0.5) is 0 Å². The molecule has 1 N–H and O–H groups in total. The molecule has 0 aliphatic carbocycles. The van der Waals surface area contributed by atoms with Crippen molar-refractivity contribution in [1.82, 2.24) is 0 Å². The van der Waals surface area contributed by atoms with Crippen LogP contribution in [0.3, 0.4) is 0 Å². The predicted octanol–water partition coefficient (Wildman–Crippen LogP) is 2.43. The zero-order valence-electron chi connectivity index (χ0n) is 9.90. The van der Waals surface area contributed by atoms with Crippen LogP contribution in [0.1, 0.15) is 12.0 Å². The van der Waals surface area contributed by atoms with Gasteiger partial charge in [0.1, 0.15) is 0 Å². The zero-order valence-corrected chi connectivity index (χ0v) is 12.2. The van der Waals surface area contributed by atoms with Crippen LogP contribution in [0.25, 0.3) is 0 Å². The van der Waals surface area contributed by atoms with Gasteiger partial charge in [0.15, 0.2) is 9.84 Å². The molecule has 1 fully saturated rings. The number of sulfone groups is 1. The number of hydrogen-bond donors (Lipinski definition) is 1. The standard InChI is InChI=1S/C12H12Cl2O4S/c13-9-3-1-2-8(10(9)14)6-12(11(15)16)4-5-19(17,18)7-12/h1-3H,4-7H2,(H,15,16). The Labute approximate surface area is 121 Å². The average Bonchev–Trinajstić information content (AvgIpc) is 2.62. The number of carbonyl (C=O) groups is 1. The first-order valence-electron chi connectivity index (χ1n) is 5.62. The topological polar surface area (TPSA) is 71.4 Å². The second-order valence-corrected chi connectivity index (χ2v) is 7.79. The van der Waals surface area contributed by atoms with Crippen molar-refractivity contribution < 1.29 is 18.3 Å². The van der Waals surface area contributed by atoms with E-state index in [9.17, 15) is 18.3 Å². The first-order valence-corrected chi connectivity index (χ1v) is 8.20. The van der Waals surface area contributed by atoms with Crippen LogP contribution < -0.4 is 0 Å². The number of rotatable bonds is 3. The maximum Gasteiger partial charge on any atom is 0.311 e. The summed E-state index contributed by atoms with van der Waals surface area (Å²) in [7, 11) is -3.30. The van der Waals surface area contributed by atoms with E-state index in [0.717, 1.165) is 0 Å². The summed E-state index contributed by atoms with van der Waals surface area (Å²) in [6.45, 7) is 0. The predicted molar refractivity (Wildman–Crippen MR) is 73.5 cm³/mol. The molecular weight excluding hydrogens is 311 g/mol. The van der Waals surface area contributed by atoms with Crippen LogP contribution in [0, 0.1) is 5.41 Å². The molecule has 0 spiro atoms. The third-order valence-electron chi connectivity index (χ3n) is 3.40. The van der Waals surface area contributed by atoms with E-state index in [1.807, 2.05) is 0 Å². The lowest BCUT2D eigenvalue weighted by Crippen LogP contribution is -2.34. The first-order chi connectivity index (χ1) is 8.76.